The Labute approximate surface area is 171 Å². The fraction of sp³-hybridized carbons (Fsp3) is 0.250. The number of esters is 3. The summed E-state index contributed by atoms with van der Waals surface area (Å²) in [6.45, 7) is 2.12. The van der Waals surface area contributed by atoms with Gasteiger partial charge >= 0.3 is 17.9 Å². The molecule has 2 N–H and O–H groups in total. The number of carbonyl (C=O) groups is 3. The summed E-state index contributed by atoms with van der Waals surface area (Å²) in [5.41, 5.74) is 6.74. The Bertz CT molecular complexity index is 916. The SMILES string of the molecule is CCOc1ccc(/C=C/C(=O)OCc2c(C(=O)OC)sc(N)c2C(=O)OC)cc1. The van der Waals surface area contributed by atoms with E-state index in [4.69, 9.17) is 24.7 Å². The van der Waals surface area contributed by atoms with Gasteiger partial charge in [-0.15, -0.1) is 11.3 Å². The highest BCUT2D eigenvalue weighted by Gasteiger charge is 2.27. The van der Waals surface area contributed by atoms with Gasteiger partial charge < -0.3 is 24.7 Å². The Kier molecular flexibility index (Phi) is 7.79. The fourth-order valence-corrected chi connectivity index (χ4v) is 3.38. The largest absolute Gasteiger partial charge is 0.494 e. The molecule has 0 radical (unpaired) electrons. The number of benzene rings is 1. The molecule has 0 aliphatic carbocycles. The molecule has 0 bridgehead atoms. The van der Waals surface area contributed by atoms with Crippen molar-refractivity contribution in [3.05, 3.63) is 51.9 Å². The van der Waals surface area contributed by atoms with Gasteiger partial charge in [-0.05, 0) is 30.7 Å². The van der Waals surface area contributed by atoms with Crippen LogP contribution in [0.25, 0.3) is 6.08 Å². The summed E-state index contributed by atoms with van der Waals surface area (Å²) in [5, 5.41) is 0.0771. The van der Waals surface area contributed by atoms with Gasteiger partial charge in [-0.3, -0.25) is 0 Å². The van der Waals surface area contributed by atoms with Crippen LogP contribution in [0.3, 0.4) is 0 Å². The first-order valence-corrected chi connectivity index (χ1v) is 9.38. The Morgan fingerprint density at radius 2 is 1.72 bits per heavy atom. The number of anilines is 1. The van der Waals surface area contributed by atoms with E-state index in [2.05, 4.69) is 0 Å². The predicted octanol–water partition coefficient (Wildman–Crippen LogP) is 3.06. The van der Waals surface area contributed by atoms with E-state index in [1.54, 1.807) is 30.3 Å². The normalized spacial score (nSPS) is 10.6. The van der Waals surface area contributed by atoms with Crippen molar-refractivity contribution in [2.24, 2.45) is 0 Å². The number of carbonyl (C=O) groups excluding carboxylic acids is 3. The number of rotatable bonds is 8. The Hall–Kier alpha value is -3.33. The Morgan fingerprint density at radius 3 is 2.31 bits per heavy atom. The van der Waals surface area contributed by atoms with Crippen molar-refractivity contribution in [2.45, 2.75) is 13.5 Å². The van der Waals surface area contributed by atoms with Gasteiger partial charge in [0.15, 0.2) is 0 Å². The highest BCUT2D eigenvalue weighted by atomic mass is 32.1. The highest BCUT2D eigenvalue weighted by Crippen LogP contribution is 2.33. The van der Waals surface area contributed by atoms with E-state index < -0.39 is 17.9 Å². The van der Waals surface area contributed by atoms with Gasteiger partial charge in [0.25, 0.3) is 0 Å². The molecule has 0 aliphatic heterocycles. The average molecular weight is 419 g/mol. The number of thiophene rings is 1. The number of nitrogen functional groups attached to an aromatic ring is 1. The number of nitrogens with two attached hydrogens (primary N) is 1. The number of methoxy groups -OCH3 is 2. The van der Waals surface area contributed by atoms with Crippen molar-refractivity contribution in [3.63, 3.8) is 0 Å². The summed E-state index contributed by atoms with van der Waals surface area (Å²) in [6, 6.07) is 7.15. The van der Waals surface area contributed by atoms with E-state index in [9.17, 15) is 14.4 Å². The maximum absolute atomic E-state index is 12.1. The standard InChI is InChI=1S/C20H21NO7S/c1-4-27-13-8-5-12(6-9-13)7-10-15(22)28-11-14-16(19(23)25-2)18(21)29-17(14)20(24)26-3/h5-10H,4,11,21H2,1-3H3/b10-7+. The summed E-state index contributed by atoms with van der Waals surface area (Å²) in [4.78, 5) is 36.1. The monoisotopic (exact) mass is 419 g/mol. The van der Waals surface area contributed by atoms with Gasteiger partial charge in [-0.1, -0.05) is 12.1 Å². The second-order valence-electron chi connectivity index (χ2n) is 5.58. The molecule has 9 heteroatoms. The van der Waals surface area contributed by atoms with Gasteiger partial charge in [0.1, 0.15) is 27.8 Å². The Morgan fingerprint density at radius 1 is 1.07 bits per heavy atom. The van der Waals surface area contributed by atoms with E-state index in [0.29, 0.717) is 6.61 Å². The molecule has 0 amide bonds. The number of hydrogen-bond donors (Lipinski definition) is 1. The molecule has 154 valence electrons. The quantitative estimate of drug-likeness (QED) is 0.394. The minimum atomic E-state index is -0.732. The van der Waals surface area contributed by atoms with Crippen LogP contribution in [0.2, 0.25) is 0 Å². The second-order valence-corrected chi connectivity index (χ2v) is 6.63. The van der Waals surface area contributed by atoms with Crippen LogP contribution in [0, 0.1) is 0 Å². The summed E-state index contributed by atoms with van der Waals surface area (Å²) < 4.78 is 19.9. The van der Waals surface area contributed by atoms with Crippen LogP contribution in [0.1, 0.15) is 38.1 Å². The molecule has 0 unspecified atom stereocenters. The van der Waals surface area contributed by atoms with E-state index in [1.165, 1.54) is 20.3 Å². The van der Waals surface area contributed by atoms with E-state index in [1.807, 2.05) is 6.92 Å². The lowest BCUT2D eigenvalue weighted by molar-refractivity contribution is -0.138. The van der Waals surface area contributed by atoms with E-state index >= 15 is 0 Å². The predicted molar refractivity (Wildman–Crippen MR) is 108 cm³/mol. The molecule has 2 rings (SSSR count). The second kappa shape index (κ2) is 10.3. The number of ether oxygens (including phenoxy) is 4. The van der Waals surface area contributed by atoms with E-state index in [-0.39, 0.29) is 27.6 Å². The van der Waals surface area contributed by atoms with Gasteiger partial charge in [0, 0.05) is 11.6 Å². The van der Waals surface area contributed by atoms with Gasteiger partial charge in [0.05, 0.1) is 20.8 Å². The molecule has 0 spiro atoms. The number of hydrogen-bond acceptors (Lipinski definition) is 9. The zero-order chi connectivity index (χ0) is 21.4. The van der Waals surface area contributed by atoms with Crippen LogP contribution in [-0.4, -0.2) is 38.7 Å². The summed E-state index contributed by atoms with van der Waals surface area (Å²) in [6.07, 6.45) is 2.81. The van der Waals surface area contributed by atoms with Gasteiger partial charge in [-0.25, -0.2) is 14.4 Å². The third kappa shape index (κ3) is 5.58. The van der Waals surface area contributed by atoms with Crippen molar-refractivity contribution in [1.29, 1.82) is 0 Å². The lowest BCUT2D eigenvalue weighted by Gasteiger charge is -2.06. The highest BCUT2D eigenvalue weighted by molar-refractivity contribution is 7.18. The van der Waals surface area contributed by atoms with Crippen LogP contribution in [0.5, 0.6) is 5.75 Å². The maximum atomic E-state index is 12.1. The molecule has 1 heterocycles. The Balaban J connectivity index is 2.12. The van der Waals surface area contributed by atoms with Gasteiger partial charge in [-0.2, -0.15) is 0 Å². The molecule has 0 saturated carbocycles. The molecule has 0 aliphatic rings. The first kappa shape index (κ1) is 22.0. The van der Waals surface area contributed by atoms with Gasteiger partial charge in [0.2, 0.25) is 0 Å². The summed E-state index contributed by atoms with van der Waals surface area (Å²) in [7, 11) is 2.39. The molecule has 1 aromatic carbocycles. The molecule has 29 heavy (non-hydrogen) atoms. The summed E-state index contributed by atoms with van der Waals surface area (Å²) >= 11 is 0.866. The first-order valence-electron chi connectivity index (χ1n) is 8.56. The molecule has 0 fully saturated rings. The van der Waals surface area contributed by atoms with Crippen LogP contribution in [0.4, 0.5) is 5.00 Å². The van der Waals surface area contributed by atoms with Crippen LogP contribution < -0.4 is 10.5 Å². The van der Waals surface area contributed by atoms with Crippen LogP contribution in [-0.2, 0) is 25.6 Å². The first-order chi connectivity index (χ1) is 13.9. The molecule has 2 aromatic rings. The van der Waals surface area contributed by atoms with Crippen molar-refractivity contribution in [2.75, 3.05) is 26.6 Å². The lowest BCUT2D eigenvalue weighted by atomic mass is 10.1. The molecular formula is C20H21NO7S. The van der Waals surface area contributed by atoms with E-state index in [0.717, 1.165) is 22.6 Å². The zero-order valence-electron chi connectivity index (χ0n) is 16.2. The smallest absolute Gasteiger partial charge is 0.348 e. The van der Waals surface area contributed by atoms with Crippen molar-refractivity contribution < 1.29 is 33.3 Å². The minimum absolute atomic E-state index is 0.0128. The molecule has 8 nitrogen and oxygen atoms in total. The zero-order valence-corrected chi connectivity index (χ0v) is 17.0. The molecule has 0 atom stereocenters. The average Bonchev–Trinajstić information content (AvgIpc) is 3.06. The molecule has 1 aromatic heterocycles. The van der Waals surface area contributed by atoms with Crippen LogP contribution >= 0.6 is 11.3 Å². The van der Waals surface area contributed by atoms with Crippen molar-refractivity contribution >= 4 is 40.3 Å². The van der Waals surface area contributed by atoms with Crippen molar-refractivity contribution in [1.82, 2.24) is 0 Å². The third-order valence-electron chi connectivity index (χ3n) is 3.76. The lowest BCUT2D eigenvalue weighted by Crippen LogP contribution is -2.11. The maximum Gasteiger partial charge on any atom is 0.348 e. The third-order valence-corrected chi connectivity index (χ3v) is 4.80. The topological polar surface area (TPSA) is 114 Å². The minimum Gasteiger partial charge on any atom is -0.494 e. The molecular weight excluding hydrogens is 398 g/mol. The molecule has 0 saturated heterocycles. The van der Waals surface area contributed by atoms with Crippen molar-refractivity contribution in [3.8, 4) is 5.75 Å². The van der Waals surface area contributed by atoms with Crippen LogP contribution in [0.15, 0.2) is 30.3 Å². The summed E-state index contributed by atoms with van der Waals surface area (Å²) in [5.74, 6) is -1.35. The fourth-order valence-electron chi connectivity index (χ4n) is 2.40.